The minimum atomic E-state index is -5.08. The van der Waals surface area contributed by atoms with E-state index in [4.69, 9.17) is 9.90 Å². The fraction of sp³-hybridized carbons (Fsp3) is 0.500. The number of aryl methyl sites for hydroxylation is 1. The Morgan fingerprint density at radius 1 is 1.22 bits per heavy atom. The normalized spacial score (nSPS) is 18.8. The van der Waals surface area contributed by atoms with Gasteiger partial charge in [-0.25, -0.2) is 4.79 Å². The first-order chi connectivity index (χ1) is 15.1. The van der Waals surface area contributed by atoms with Crippen molar-refractivity contribution in [1.29, 1.82) is 0 Å². The zero-order valence-corrected chi connectivity index (χ0v) is 17.9. The third-order valence-corrected chi connectivity index (χ3v) is 5.63. The highest BCUT2D eigenvalue weighted by molar-refractivity contribution is 5.78. The molecule has 0 bridgehead atoms. The average Bonchev–Trinajstić information content (AvgIpc) is 3.36. The Balaban J connectivity index is 0.000000360. The highest BCUT2D eigenvalue weighted by Crippen LogP contribution is 2.25. The van der Waals surface area contributed by atoms with Crippen LogP contribution < -0.4 is 0 Å². The second-order valence-corrected chi connectivity index (χ2v) is 8.15. The number of halogens is 3. The van der Waals surface area contributed by atoms with Crippen LogP contribution in [0.15, 0.2) is 36.5 Å². The minimum Gasteiger partial charge on any atom is -0.475 e. The van der Waals surface area contributed by atoms with E-state index in [1.165, 1.54) is 16.8 Å². The first kappa shape index (κ1) is 23.8. The van der Waals surface area contributed by atoms with Crippen molar-refractivity contribution in [3.63, 3.8) is 0 Å². The first-order valence-electron chi connectivity index (χ1n) is 10.5. The molecule has 2 aromatic rings. The molecule has 2 aliphatic heterocycles. The number of fused-ring (bicyclic) bond motifs is 1. The van der Waals surface area contributed by atoms with Gasteiger partial charge in [0.15, 0.2) is 0 Å². The number of benzene rings is 1. The Morgan fingerprint density at radius 2 is 1.91 bits per heavy atom. The molecule has 32 heavy (non-hydrogen) atoms. The molecule has 1 unspecified atom stereocenters. The van der Waals surface area contributed by atoms with Gasteiger partial charge in [-0.2, -0.15) is 18.3 Å². The van der Waals surface area contributed by atoms with E-state index < -0.39 is 12.1 Å². The van der Waals surface area contributed by atoms with Gasteiger partial charge in [0.25, 0.3) is 0 Å². The van der Waals surface area contributed by atoms with Gasteiger partial charge >= 0.3 is 12.1 Å². The van der Waals surface area contributed by atoms with Crippen LogP contribution in [0.2, 0.25) is 0 Å². The molecule has 1 N–H and O–H groups in total. The minimum absolute atomic E-state index is 0.313. The lowest BCUT2D eigenvalue weighted by Crippen LogP contribution is -2.39. The van der Waals surface area contributed by atoms with Crippen LogP contribution in [0.25, 0.3) is 0 Å². The zero-order chi connectivity index (χ0) is 23.3. The maximum absolute atomic E-state index is 11.9. The number of nitrogens with zero attached hydrogens (tertiary/aromatic N) is 4. The standard InChI is InChI=1S/C20H26N4O.C2HF3O2/c1-16-4-6-17(7-5-16)13-22-14-18-8-10-21-24(18)19(15-22)9-12-23-11-2-3-20(23)25;3-2(4,5)1(6)7/h4-8,10,19H,2-3,9,11-15H2,1H3;(H,6,7). The molecule has 0 saturated carbocycles. The molecule has 0 spiro atoms. The Labute approximate surface area is 184 Å². The van der Waals surface area contributed by atoms with Crippen LogP contribution in [0.5, 0.6) is 0 Å². The van der Waals surface area contributed by atoms with Crippen LogP contribution in [0.1, 0.15) is 42.1 Å². The first-order valence-corrected chi connectivity index (χ1v) is 10.5. The van der Waals surface area contributed by atoms with E-state index >= 15 is 0 Å². The molecule has 1 fully saturated rings. The Kier molecular flexibility index (Phi) is 7.55. The van der Waals surface area contributed by atoms with Gasteiger partial charge in [-0.05, 0) is 31.4 Å². The van der Waals surface area contributed by atoms with Crippen LogP contribution in [0, 0.1) is 6.92 Å². The molecular weight excluding hydrogens is 425 g/mol. The number of hydrogen-bond donors (Lipinski definition) is 1. The number of alkyl halides is 3. The molecule has 2 aliphatic rings. The summed E-state index contributed by atoms with van der Waals surface area (Å²) < 4.78 is 33.9. The van der Waals surface area contributed by atoms with Crippen molar-refractivity contribution >= 4 is 11.9 Å². The molecule has 1 aromatic heterocycles. The van der Waals surface area contributed by atoms with Crippen molar-refractivity contribution in [2.24, 2.45) is 0 Å². The summed E-state index contributed by atoms with van der Waals surface area (Å²) in [5.74, 6) is -2.44. The number of likely N-dealkylation sites (tertiary alicyclic amines) is 1. The molecule has 0 aliphatic carbocycles. The van der Waals surface area contributed by atoms with Gasteiger partial charge in [-0.15, -0.1) is 0 Å². The highest BCUT2D eigenvalue weighted by Gasteiger charge is 2.38. The van der Waals surface area contributed by atoms with E-state index in [-0.39, 0.29) is 0 Å². The summed E-state index contributed by atoms with van der Waals surface area (Å²) in [4.78, 5) is 25.3. The fourth-order valence-corrected chi connectivity index (χ4v) is 4.00. The highest BCUT2D eigenvalue weighted by atomic mass is 19.4. The maximum Gasteiger partial charge on any atom is 0.490 e. The Bertz CT molecular complexity index is 927. The summed E-state index contributed by atoms with van der Waals surface area (Å²) in [6.07, 6.45) is -0.475. The molecule has 174 valence electrons. The molecule has 1 amide bonds. The third kappa shape index (κ3) is 6.32. The zero-order valence-electron chi connectivity index (χ0n) is 17.9. The summed E-state index contributed by atoms with van der Waals surface area (Å²) in [6, 6.07) is 11.3. The molecule has 1 saturated heterocycles. The number of amides is 1. The van der Waals surface area contributed by atoms with Crippen LogP contribution in [-0.4, -0.2) is 62.4 Å². The van der Waals surface area contributed by atoms with E-state index in [2.05, 4.69) is 51.9 Å². The summed E-state index contributed by atoms with van der Waals surface area (Å²) in [6.45, 7) is 6.78. The smallest absolute Gasteiger partial charge is 0.475 e. The number of hydrogen-bond acceptors (Lipinski definition) is 4. The van der Waals surface area contributed by atoms with E-state index in [0.29, 0.717) is 11.9 Å². The second-order valence-electron chi connectivity index (χ2n) is 8.15. The van der Waals surface area contributed by atoms with Crippen molar-refractivity contribution in [3.05, 3.63) is 53.3 Å². The molecule has 10 heteroatoms. The van der Waals surface area contributed by atoms with Crippen molar-refractivity contribution in [3.8, 4) is 0 Å². The lowest BCUT2D eigenvalue weighted by molar-refractivity contribution is -0.192. The summed E-state index contributed by atoms with van der Waals surface area (Å²) in [5.41, 5.74) is 3.93. The SMILES string of the molecule is Cc1ccc(CN2Cc3ccnn3C(CCN3CCCC3=O)C2)cc1.O=C(O)C(F)(F)F. The van der Waals surface area contributed by atoms with Gasteiger partial charge in [-0.1, -0.05) is 29.8 Å². The van der Waals surface area contributed by atoms with Gasteiger partial charge in [0.05, 0.1) is 11.7 Å². The van der Waals surface area contributed by atoms with Crippen molar-refractivity contribution in [2.75, 3.05) is 19.6 Å². The monoisotopic (exact) mass is 452 g/mol. The number of rotatable bonds is 5. The molecule has 7 nitrogen and oxygen atoms in total. The third-order valence-electron chi connectivity index (χ3n) is 5.63. The van der Waals surface area contributed by atoms with Crippen molar-refractivity contribution in [1.82, 2.24) is 19.6 Å². The Morgan fingerprint density at radius 3 is 2.50 bits per heavy atom. The molecule has 4 rings (SSSR count). The number of carbonyl (C=O) groups is 2. The van der Waals surface area contributed by atoms with Gasteiger partial charge in [0.2, 0.25) is 5.91 Å². The fourth-order valence-electron chi connectivity index (χ4n) is 4.00. The van der Waals surface area contributed by atoms with Crippen LogP contribution in [0.3, 0.4) is 0 Å². The van der Waals surface area contributed by atoms with E-state index in [1.807, 2.05) is 11.1 Å². The number of aliphatic carboxylic acids is 1. The van der Waals surface area contributed by atoms with Gasteiger partial charge < -0.3 is 10.0 Å². The number of carboxylic acid groups (broad SMARTS) is 1. The molecule has 1 aromatic carbocycles. The van der Waals surface area contributed by atoms with E-state index in [1.54, 1.807) is 0 Å². The quantitative estimate of drug-likeness (QED) is 0.753. The van der Waals surface area contributed by atoms with E-state index in [0.717, 1.165) is 52.0 Å². The van der Waals surface area contributed by atoms with Crippen LogP contribution in [0.4, 0.5) is 13.2 Å². The molecule has 0 radical (unpaired) electrons. The predicted molar refractivity (Wildman–Crippen MR) is 111 cm³/mol. The van der Waals surface area contributed by atoms with Crippen molar-refractivity contribution in [2.45, 2.75) is 51.5 Å². The molecule has 3 heterocycles. The van der Waals surface area contributed by atoms with Gasteiger partial charge in [0.1, 0.15) is 0 Å². The largest absolute Gasteiger partial charge is 0.490 e. The predicted octanol–water partition coefficient (Wildman–Crippen LogP) is 3.39. The average molecular weight is 452 g/mol. The van der Waals surface area contributed by atoms with Crippen LogP contribution in [-0.2, 0) is 22.7 Å². The molecular formula is C22H27F3N4O3. The summed E-state index contributed by atoms with van der Waals surface area (Å²) in [5, 5.41) is 11.7. The maximum atomic E-state index is 11.9. The second kappa shape index (κ2) is 10.2. The van der Waals surface area contributed by atoms with Gasteiger partial charge in [-0.3, -0.25) is 14.4 Å². The summed E-state index contributed by atoms with van der Waals surface area (Å²) >= 11 is 0. The van der Waals surface area contributed by atoms with E-state index in [9.17, 15) is 18.0 Å². The topological polar surface area (TPSA) is 78.7 Å². The molecule has 1 atom stereocenters. The summed E-state index contributed by atoms with van der Waals surface area (Å²) in [7, 11) is 0. The lowest BCUT2D eigenvalue weighted by Gasteiger charge is -2.34. The number of carbonyl (C=O) groups excluding carboxylic acids is 1. The van der Waals surface area contributed by atoms with Crippen LogP contribution >= 0.6 is 0 Å². The van der Waals surface area contributed by atoms with Gasteiger partial charge in [0, 0.05) is 45.3 Å². The number of carboxylic acids is 1. The lowest BCUT2D eigenvalue weighted by atomic mass is 10.1. The van der Waals surface area contributed by atoms with Crippen molar-refractivity contribution < 1.29 is 27.9 Å². The Hall–Kier alpha value is -2.88. The number of aromatic nitrogens is 2.